The van der Waals surface area contributed by atoms with Crippen LogP contribution in [0.1, 0.15) is 38.5 Å². The van der Waals surface area contributed by atoms with Crippen LogP contribution in [0.25, 0.3) is 0 Å². The fourth-order valence-electron chi connectivity index (χ4n) is 3.83. The van der Waals surface area contributed by atoms with Gasteiger partial charge in [0.15, 0.2) is 0 Å². The van der Waals surface area contributed by atoms with Crippen LogP contribution in [-0.2, 0) is 14.8 Å². The zero-order chi connectivity index (χ0) is 18.4. The van der Waals surface area contributed by atoms with Crippen molar-refractivity contribution in [2.45, 2.75) is 49.5 Å². The lowest BCUT2D eigenvalue weighted by Crippen LogP contribution is -2.52. The van der Waals surface area contributed by atoms with Gasteiger partial charge in [-0.25, -0.2) is 8.42 Å². The molecule has 1 amide bonds. The van der Waals surface area contributed by atoms with Crippen molar-refractivity contribution in [3.63, 3.8) is 0 Å². The fraction of sp³-hybridized carbons (Fsp3) is 0.632. The van der Waals surface area contributed by atoms with Crippen LogP contribution in [0.5, 0.6) is 0 Å². The van der Waals surface area contributed by atoms with E-state index in [1.807, 2.05) is 0 Å². The largest absolute Gasteiger partial charge is 0.339 e. The highest BCUT2D eigenvalue weighted by molar-refractivity contribution is 7.89. The number of piperazine rings is 1. The summed E-state index contributed by atoms with van der Waals surface area (Å²) in [5.74, 6) is -0.0877. The van der Waals surface area contributed by atoms with Gasteiger partial charge in [-0.2, -0.15) is 4.31 Å². The van der Waals surface area contributed by atoms with E-state index in [2.05, 4.69) is 5.32 Å². The van der Waals surface area contributed by atoms with Crippen LogP contribution in [0.2, 0.25) is 0 Å². The molecule has 1 aliphatic carbocycles. The topological polar surface area (TPSA) is 69.7 Å². The number of amides is 1. The summed E-state index contributed by atoms with van der Waals surface area (Å²) in [6.07, 6.45) is 5.99. The predicted molar refractivity (Wildman–Crippen MR) is 101 cm³/mol. The van der Waals surface area contributed by atoms with E-state index in [-0.39, 0.29) is 23.4 Å². The molecular weight excluding hydrogens is 350 g/mol. The van der Waals surface area contributed by atoms with Crippen molar-refractivity contribution in [3.8, 4) is 0 Å². The van der Waals surface area contributed by atoms with E-state index in [0.717, 1.165) is 51.6 Å². The molecule has 1 aromatic rings. The number of carbonyl (C=O) groups is 1. The maximum Gasteiger partial charge on any atom is 0.243 e. The van der Waals surface area contributed by atoms with Gasteiger partial charge in [-0.1, -0.05) is 43.9 Å². The van der Waals surface area contributed by atoms with Gasteiger partial charge in [0.25, 0.3) is 0 Å². The van der Waals surface area contributed by atoms with E-state index in [1.54, 1.807) is 35.2 Å². The van der Waals surface area contributed by atoms with Crippen molar-refractivity contribution >= 4 is 15.9 Å². The van der Waals surface area contributed by atoms with Crippen LogP contribution in [0.15, 0.2) is 35.2 Å². The molecule has 26 heavy (non-hydrogen) atoms. The molecule has 1 aliphatic heterocycles. The summed E-state index contributed by atoms with van der Waals surface area (Å²) in [7, 11) is -3.68. The van der Waals surface area contributed by atoms with Crippen LogP contribution in [-0.4, -0.2) is 62.3 Å². The van der Waals surface area contributed by atoms with Gasteiger partial charge in [-0.15, -0.1) is 0 Å². The minimum Gasteiger partial charge on any atom is -0.339 e. The second-order valence-corrected chi connectivity index (χ2v) is 9.03. The van der Waals surface area contributed by atoms with Crippen LogP contribution in [0.3, 0.4) is 0 Å². The van der Waals surface area contributed by atoms with Crippen molar-refractivity contribution in [2.75, 3.05) is 32.7 Å². The molecule has 0 unspecified atom stereocenters. The Balaban J connectivity index is 1.84. The number of hydrogen-bond donors (Lipinski definition) is 1. The third-order valence-electron chi connectivity index (χ3n) is 5.34. The van der Waals surface area contributed by atoms with Gasteiger partial charge >= 0.3 is 0 Å². The molecule has 144 valence electrons. The van der Waals surface area contributed by atoms with Crippen LogP contribution < -0.4 is 5.32 Å². The smallest absolute Gasteiger partial charge is 0.243 e. The second-order valence-electron chi connectivity index (χ2n) is 7.14. The van der Waals surface area contributed by atoms with Gasteiger partial charge in [-0.05, 0) is 25.0 Å². The summed E-state index contributed by atoms with van der Waals surface area (Å²) in [5.41, 5.74) is 0. The minimum atomic E-state index is -3.68. The van der Waals surface area contributed by atoms with Crippen LogP contribution >= 0.6 is 0 Å². The SMILES string of the molecule is O=C(CN(C1CCCCCC1)S(=O)(=O)c1ccccc1)N1CCNCC1. The molecule has 1 N–H and O–H groups in total. The van der Waals surface area contributed by atoms with Crippen molar-refractivity contribution in [3.05, 3.63) is 30.3 Å². The van der Waals surface area contributed by atoms with Gasteiger partial charge < -0.3 is 10.2 Å². The first-order valence-electron chi connectivity index (χ1n) is 9.64. The van der Waals surface area contributed by atoms with Crippen molar-refractivity contribution in [1.29, 1.82) is 0 Å². The quantitative estimate of drug-likeness (QED) is 0.793. The molecule has 3 rings (SSSR count). The lowest BCUT2D eigenvalue weighted by atomic mass is 10.1. The molecule has 1 aromatic carbocycles. The summed E-state index contributed by atoms with van der Waals surface area (Å²) < 4.78 is 28.1. The van der Waals surface area contributed by atoms with E-state index >= 15 is 0 Å². The lowest BCUT2D eigenvalue weighted by molar-refractivity contribution is -0.132. The molecule has 7 heteroatoms. The van der Waals surface area contributed by atoms with E-state index in [4.69, 9.17) is 0 Å². The Labute approximate surface area is 156 Å². The highest BCUT2D eigenvalue weighted by atomic mass is 32.2. The maximum absolute atomic E-state index is 13.3. The number of hydrogen-bond acceptors (Lipinski definition) is 4. The Morgan fingerprint density at radius 2 is 1.65 bits per heavy atom. The first-order chi connectivity index (χ1) is 12.6. The zero-order valence-corrected chi connectivity index (χ0v) is 16.1. The molecule has 2 fully saturated rings. The molecule has 0 radical (unpaired) electrons. The predicted octanol–water partition coefficient (Wildman–Crippen LogP) is 1.83. The molecule has 2 aliphatic rings. The monoisotopic (exact) mass is 379 g/mol. The Morgan fingerprint density at radius 3 is 2.27 bits per heavy atom. The highest BCUT2D eigenvalue weighted by Gasteiger charge is 2.34. The lowest BCUT2D eigenvalue weighted by Gasteiger charge is -2.33. The van der Waals surface area contributed by atoms with Crippen LogP contribution in [0.4, 0.5) is 0 Å². The molecule has 1 heterocycles. The molecule has 0 atom stereocenters. The number of rotatable bonds is 5. The first-order valence-corrected chi connectivity index (χ1v) is 11.1. The van der Waals surface area contributed by atoms with E-state index in [0.29, 0.717) is 13.1 Å². The standard InChI is InChI=1S/C19H29N3O3S/c23-19(21-14-12-20-13-15-21)16-22(17-8-4-1-2-5-9-17)26(24,25)18-10-6-3-7-11-18/h3,6-7,10-11,17,20H,1-2,4-5,8-9,12-16H2. The number of benzene rings is 1. The van der Waals surface area contributed by atoms with Crippen molar-refractivity contribution in [2.24, 2.45) is 0 Å². The summed E-state index contributed by atoms with van der Waals surface area (Å²) in [6, 6.07) is 8.42. The summed E-state index contributed by atoms with van der Waals surface area (Å²) in [5, 5.41) is 3.22. The molecule has 0 aromatic heterocycles. The number of nitrogens with zero attached hydrogens (tertiary/aromatic N) is 2. The Kier molecular flexibility index (Phi) is 6.67. The zero-order valence-electron chi connectivity index (χ0n) is 15.3. The van der Waals surface area contributed by atoms with E-state index in [9.17, 15) is 13.2 Å². The van der Waals surface area contributed by atoms with Gasteiger partial charge in [0, 0.05) is 32.2 Å². The van der Waals surface area contributed by atoms with Gasteiger partial charge in [0.1, 0.15) is 0 Å². The third-order valence-corrected chi connectivity index (χ3v) is 7.26. The molecule has 6 nitrogen and oxygen atoms in total. The highest BCUT2D eigenvalue weighted by Crippen LogP contribution is 2.27. The maximum atomic E-state index is 13.3. The Bertz CT molecular complexity index is 679. The molecular formula is C19H29N3O3S. The average Bonchev–Trinajstić information content (AvgIpc) is 2.96. The molecule has 0 spiro atoms. The number of carbonyl (C=O) groups excluding carboxylic acids is 1. The Hall–Kier alpha value is -1.44. The number of nitrogens with one attached hydrogen (secondary N) is 1. The second kappa shape index (κ2) is 8.97. The van der Waals surface area contributed by atoms with Crippen molar-refractivity contribution < 1.29 is 13.2 Å². The minimum absolute atomic E-state index is 0.0537. The fourth-order valence-corrected chi connectivity index (χ4v) is 5.49. The third kappa shape index (κ3) is 4.64. The van der Waals surface area contributed by atoms with E-state index < -0.39 is 10.0 Å². The number of sulfonamides is 1. The Morgan fingerprint density at radius 1 is 1.04 bits per heavy atom. The molecule has 1 saturated carbocycles. The van der Waals surface area contributed by atoms with Crippen molar-refractivity contribution in [1.82, 2.24) is 14.5 Å². The average molecular weight is 380 g/mol. The van der Waals surface area contributed by atoms with E-state index in [1.165, 1.54) is 4.31 Å². The van der Waals surface area contributed by atoms with Gasteiger partial charge in [0.05, 0.1) is 11.4 Å². The normalized spacial score (nSPS) is 20.1. The summed E-state index contributed by atoms with van der Waals surface area (Å²) in [6.45, 7) is 2.76. The van der Waals surface area contributed by atoms with Gasteiger partial charge in [-0.3, -0.25) is 4.79 Å². The molecule has 1 saturated heterocycles. The molecule has 0 bridgehead atoms. The summed E-state index contributed by atoms with van der Waals surface area (Å²) >= 11 is 0. The summed E-state index contributed by atoms with van der Waals surface area (Å²) in [4.78, 5) is 14.9. The van der Waals surface area contributed by atoms with Crippen LogP contribution in [0, 0.1) is 0 Å². The van der Waals surface area contributed by atoms with Gasteiger partial charge in [0.2, 0.25) is 15.9 Å². The first kappa shape index (κ1) is 19.3.